The number of oxazole rings is 1. The number of ether oxygens (including phenoxy) is 3. The minimum Gasteiger partial charge on any atom is -0.493 e. The molecule has 0 saturated carbocycles. The van der Waals surface area contributed by atoms with Crippen molar-refractivity contribution < 1.29 is 28.2 Å². The van der Waals surface area contributed by atoms with Crippen LogP contribution in [0.1, 0.15) is 71.1 Å². The molecule has 1 saturated heterocycles. The predicted molar refractivity (Wildman–Crippen MR) is 229 cm³/mol. The Morgan fingerprint density at radius 2 is 1.59 bits per heavy atom. The van der Waals surface area contributed by atoms with Gasteiger partial charge in [-0.3, -0.25) is 14.2 Å². The molecule has 58 heavy (non-hydrogen) atoms. The lowest BCUT2D eigenvalue weighted by atomic mass is 9.91. The molecule has 0 amide bonds. The Bertz CT molecular complexity index is 2450. The molecule has 11 nitrogen and oxygen atoms in total. The highest BCUT2D eigenvalue weighted by atomic mass is 32.1. The highest BCUT2D eigenvalue weighted by molar-refractivity contribution is 7.22. The smallest absolute Gasteiger partial charge is 0.333 e. The summed E-state index contributed by atoms with van der Waals surface area (Å²) in [7, 11) is -3.63. The Kier molecular flexibility index (Phi) is 11.9. The number of Topliss-reactive ketones (excluding diaryl/α,β-unsaturated/α-hetero) is 1. The van der Waals surface area contributed by atoms with E-state index in [1.54, 1.807) is 18.4 Å². The van der Waals surface area contributed by atoms with Gasteiger partial charge in [-0.05, 0) is 67.6 Å². The largest absolute Gasteiger partial charge is 0.493 e. The minimum atomic E-state index is -3.63. The van der Waals surface area contributed by atoms with Gasteiger partial charge in [0.1, 0.15) is 28.5 Å². The third-order valence-electron chi connectivity index (χ3n) is 11.5. The summed E-state index contributed by atoms with van der Waals surface area (Å²) >= 11 is 1.24. The third kappa shape index (κ3) is 7.57. The summed E-state index contributed by atoms with van der Waals surface area (Å²) in [5.74, 6) is 0.593. The van der Waals surface area contributed by atoms with Crippen LogP contribution in [0.25, 0.3) is 21.0 Å². The van der Waals surface area contributed by atoms with Crippen molar-refractivity contribution in [3.63, 3.8) is 0 Å². The first-order valence-electron chi connectivity index (χ1n) is 19.8. The van der Waals surface area contributed by atoms with Gasteiger partial charge in [-0.15, -0.1) is 11.3 Å². The van der Waals surface area contributed by atoms with Crippen molar-refractivity contribution in [1.29, 1.82) is 0 Å². The van der Waals surface area contributed by atoms with Crippen molar-refractivity contribution in [2.24, 2.45) is 0 Å². The molecule has 1 aliphatic rings. The van der Waals surface area contributed by atoms with Crippen molar-refractivity contribution in [1.82, 2.24) is 14.1 Å². The highest BCUT2D eigenvalue weighted by Crippen LogP contribution is 2.42. The van der Waals surface area contributed by atoms with E-state index in [0.717, 1.165) is 20.5 Å². The van der Waals surface area contributed by atoms with Gasteiger partial charge in [0.25, 0.3) is 13.9 Å². The van der Waals surface area contributed by atoms with Gasteiger partial charge < -0.3 is 23.4 Å². The van der Waals surface area contributed by atoms with E-state index in [1.165, 1.54) is 23.8 Å². The van der Waals surface area contributed by atoms with Crippen LogP contribution in [0.2, 0.25) is 5.04 Å². The number of thiophene rings is 1. The summed E-state index contributed by atoms with van der Waals surface area (Å²) in [4.78, 5) is 63.4. The third-order valence-corrected chi connectivity index (χ3v) is 17.3. The normalized spacial score (nSPS) is 14.8. The van der Waals surface area contributed by atoms with Crippen molar-refractivity contribution in [2.75, 3.05) is 19.8 Å². The van der Waals surface area contributed by atoms with E-state index in [4.69, 9.17) is 18.6 Å². The van der Waals surface area contributed by atoms with E-state index in [0.29, 0.717) is 65.0 Å². The van der Waals surface area contributed by atoms with E-state index in [-0.39, 0.29) is 24.9 Å². The lowest BCUT2D eigenvalue weighted by Gasteiger charge is -2.42. The predicted octanol–water partition coefficient (Wildman–Crippen LogP) is 6.75. The number of carbonyl (C=O) groups excluding carboxylic acids is 1. The first-order chi connectivity index (χ1) is 27.8. The number of aryl methyl sites for hydroxylation is 1. The SMILES string of the molecule is CCOc1ccccc1[C@H](Cn1c(=O)n(C(C)(C)C(=O)CC(C)(C)[Si](O)(c2ccccc2)c2ccccc2)c(=O)c2c(C)c(-c3ncco3)sc21)OC1CCOCC1. The Hall–Kier alpha value is -4.92. The molecule has 7 rings (SSSR count). The molecule has 1 fully saturated rings. The minimum absolute atomic E-state index is 0.0203. The number of nitrogens with zero attached hydrogens (tertiary/aromatic N) is 3. The van der Waals surface area contributed by atoms with E-state index in [2.05, 4.69) is 4.98 Å². The second-order valence-corrected chi connectivity index (χ2v) is 20.9. The molecule has 1 N–H and O–H groups in total. The highest BCUT2D eigenvalue weighted by Gasteiger charge is 2.52. The Morgan fingerprint density at radius 1 is 0.966 bits per heavy atom. The molecule has 1 atom stereocenters. The molecule has 13 heteroatoms. The second kappa shape index (κ2) is 16.7. The van der Waals surface area contributed by atoms with Crippen LogP contribution in [-0.2, 0) is 26.4 Å². The lowest BCUT2D eigenvalue weighted by Crippen LogP contribution is -2.66. The summed E-state index contributed by atoms with van der Waals surface area (Å²) in [5.41, 5.74) is -1.53. The number of fused-ring (bicyclic) bond motifs is 1. The summed E-state index contributed by atoms with van der Waals surface area (Å²) in [6.45, 7) is 12.3. The van der Waals surface area contributed by atoms with Gasteiger partial charge in [-0.2, -0.15) is 0 Å². The Balaban J connectivity index is 1.38. The summed E-state index contributed by atoms with van der Waals surface area (Å²) < 4.78 is 26.9. The van der Waals surface area contributed by atoms with Crippen molar-refractivity contribution in [3.05, 3.63) is 129 Å². The number of hydrogen-bond acceptors (Lipinski definition) is 10. The van der Waals surface area contributed by atoms with E-state index in [9.17, 15) is 14.4 Å². The quantitative estimate of drug-likeness (QED) is 0.112. The zero-order valence-corrected chi connectivity index (χ0v) is 35.7. The van der Waals surface area contributed by atoms with Crippen molar-refractivity contribution in [2.45, 2.75) is 90.1 Å². The first kappa shape index (κ1) is 41.2. The number of aromatic nitrogens is 3. The van der Waals surface area contributed by atoms with Gasteiger partial charge in [-0.25, -0.2) is 14.3 Å². The number of rotatable bonds is 15. The number of ketones is 1. The van der Waals surface area contributed by atoms with Crippen LogP contribution in [0.3, 0.4) is 0 Å². The molecule has 0 unspecified atom stereocenters. The van der Waals surface area contributed by atoms with Gasteiger partial charge >= 0.3 is 5.69 Å². The Labute approximate surface area is 343 Å². The van der Waals surface area contributed by atoms with Crippen LogP contribution in [-0.4, -0.2) is 58.9 Å². The standard InChI is InChI=1S/C45H51N3O8SSi/c1-7-54-35-21-15-14-20-34(35)36(56-31-22-25-53-26-23-31)29-47-42-38(30(2)39(57-42)40-46-24-27-55-40)41(50)48(43(47)51)45(5,6)37(49)28-44(3,4)58(52,32-16-10-8-11-17-32)33-18-12-9-13-19-33/h8-21,24,27,31,36,52H,7,22-23,25-26,28-29H2,1-6H3/t36-/m0/s1. The van der Waals surface area contributed by atoms with Gasteiger partial charge in [0, 0.05) is 25.2 Å². The van der Waals surface area contributed by atoms with E-state index in [1.807, 2.05) is 113 Å². The maximum absolute atomic E-state index is 15.2. The average molecular weight is 822 g/mol. The summed E-state index contributed by atoms with van der Waals surface area (Å²) in [6, 6.07) is 26.6. The van der Waals surface area contributed by atoms with Crippen LogP contribution >= 0.6 is 11.3 Å². The molecule has 304 valence electrons. The fourth-order valence-electron chi connectivity index (χ4n) is 8.18. The topological polar surface area (TPSA) is 135 Å². The molecule has 0 aliphatic carbocycles. The molecule has 6 aromatic rings. The van der Waals surface area contributed by atoms with Gasteiger partial charge in [0.2, 0.25) is 5.89 Å². The van der Waals surface area contributed by atoms with Crippen LogP contribution in [0.4, 0.5) is 0 Å². The lowest BCUT2D eigenvalue weighted by molar-refractivity contribution is -0.127. The maximum Gasteiger partial charge on any atom is 0.333 e. The Morgan fingerprint density at radius 3 is 2.19 bits per heavy atom. The van der Waals surface area contributed by atoms with Gasteiger partial charge in [-0.1, -0.05) is 92.7 Å². The molecule has 1 aliphatic heterocycles. The molecular formula is C45H51N3O8SSi. The molecule has 3 aromatic carbocycles. The molecule has 0 bridgehead atoms. The summed E-state index contributed by atoms with van der Waals surface area (Å²) in [5, 5.41) is 0.835. The average Bonchev–Trinajstić information content (AvgIpc) is 3.88. The van der Waals surface area contributed by atoms with Crippen molar-refractivity contribution in [3.8, 4) is 16.5 Å². The van der Waals surface area contributed by atoms with Crippen LogP contribution in [0.15, 0.2) is 111 Å². The molecule has 3 aromatic heterocycles. The second-order valence-electron chi connectivity index (χ2n) is 16.0. The van der Waals surface area contributed by atoms with Crippen molar-refractivity contribution >= 4 is 46.0 Å². The van der Waals surface area contributed by atoms with E-state index >= 15 is 4.79 Å². The first-order valence-corrected chi connectivity index (χ1v) is 22.6. The van der Waals surface area contributed by atoms with E-state index < -0.39 is 36.2 Å². The fourth-order valence-corrected chi connectivity index (χ4v) is 13.1. The molecular weight excluding hydrogens is 771 g/mol. The number of hydrogen-bond donors (Lipinski definition) is 1. The summed E-state index contributed by atoms with van der Waals surface area (Å²) in [6.07, 6.45) is 3.44. The van der Waals surface area contributed by atoms with Gasteiger partial charge in [0.05, 0.1) is 35.7 Å². The van der Waals surface area contributed by atoms with Crippen LogP contribution in [0, 0.1) is 6.92 Å². The van der Waals surface area contributed by atoms with Crippen LogP contribution in [0.5, 0.6) is 5.75 Å². The zero-order valence-electron chi connectivity index (χ0n) is 33.9. The van der Waals surface area contributed by atoms with Crippen LogP contribution < -0.4 is 26.4 Å². The maximum atomic E-state index is 15.2. The number of carbonyl (C=O) groups is 1. The fraction of sp³-hybridized carbons (Fsp3) is 0.378. The number of para-hydroxylation sites is 1. The molecule has 4 heterocycles. The van der Waals surface area contributed by atoms with Gasteiger partial charge in [0.15, 0.2) is 5.78 Å². The zero-order chi connectivity index (χ0) is 41.2. The molecule has 0 spiro atoms. The monoisotopic (exact) mass is 821 g/mol. The molecule has 0 radical (unpaired) electrons. The number of benzene rings is 3.